The summed E-state index contributed by atoms with van der Waals surface area (Å²) in [4.78, 5) is 0. The van der Waals surface area contributed by atoms with E-state index in [0.29, 0.717) is 23.3 Å². The van der Waals surface area contributed by atoms with Crippen molar-refractivity contribution in [3.8, 4) is 23.6 Å². The van der Waals surface area contributed by atoms with E-state index in [1.165, 1.54) is 0 Å². The van der Waals surface area contributed by atoms with Gasteiger partial charge in [0, 0.05) is 17.5 Å². The molecule has 28 heavy (non-hydrogen) atoms. The van der Waals surface area contributed by atoms with Gasteiger partial charge in [-0.3, -0.25) is 0 Å². The van der Waals surface area contributed by atoms with Gasteiger partial charge in [-0.15, -0.1) is 0 Å². The topological polar surface area (TPSA) is 66.0 Å². The molecule has 0 N–H and O–H groups in total. The monoisotopic (exact) mass is 364 g/mol. The second-order valence-electron chi connectivity index (χ2n) is 6.37. The molecule has 4 heteroatoms. The average molecular weight is 364 g/mol. The molecule has 4 nitrogen and oxygen atoms in total. The van der Waals surface area contributed by atoms with Crippen molar-refractivity contribution in [1.82, 2.24) is 0 Å². The van der Waals surface area contributed by atoms with E-state index in [1.54, 1.807) is 36.4 Å². The summed E-state index contributed by atoms with van der Waals surface area (Å²) in [5, 5.41) is 17.9. The second-order valence-corrected chi connectivity index (χ2v) is 6.37. The summed E-state index contributed by atoms with van der Waals surface area (Å²) in [5.74, 6) is 2.19. The van der Waals surface area contributed by atoms with Gasteiger partial charge in [-0.2, -0.15) is 10.5 Å². The molecule has 0 fully saturated rings. The summed E-state index contributed by atoms with van der Waals surface area (Å²) < 4.78 is 12.2. The first-order valence-corrected chi connectivity index (χ1v) is 8.91. The van der Waals surface area contributed by atoms with Gasteiger partial charge in [-0.05, 0) is 54.6 Å². The van der Waals surface area contributed by atoms with Crippen LogP contribution in [0.2, 0.25) is 0 Å². The van der Waals surface area contributed by atoms with Crippen LogP contribution in [0.25, 0.3) is 5.76 Å². The fraction of sp³-hybridized carbons (Fsp3) is 0.0833. The maximum atomic E-state index is 8.93. The Bertz CT molecular complexity index is 1100. The van der Waals surface area contributed by atoms with Crippen LogP contribution >= 0.6 is 0 Å². The smallest absolute Gasteiger partial charge is 0.131 e. The Morgan fingerprint density at radius 2 is 1.36 bits per heavy atom. The molecule has 0 heterocycles. The fourth-order valence-corrected chi connectivity index (χ4v) is 3.16. The summed E-state index contributed by atoms with van der Waals surface area (Å²) in [7, 11) is 0. The quantitative estimate of drug-likeness (QED) is 0.624. The highest BCUT2D eigenvalue weighted by Crippen LogP contribution is 2.37. The summed E-state index contributed by atoms with van der Waals surface area (Å²) in [6, 6.07) is 26.4. The Labute approximate surface area is 163 Å². The Morgan fingerprint density at radius 3 is 2.00 bits per heavy atom. The van der Waals surface area contributed by atoms with Crippen molar-refractivity contribution >= 4 is 5.76 Å². The predicted octanol–water partition coefficient (Wildman–Crippen LogP) is 5.37. The molecule has 4 rings (SSSR count). The van der Waals surface area contributed by atoms with Gasteiger partial charge >= 0.3 is 0 Å². The molecule has 0 radical (unpaired) electrons. The minimum atomic E-state index is -0.127. The van der Waals surface area contributed by atoms with E-state index in [0.717, 1.165) is 22.6 Å². The van der Waals surface area contributed by atoms with Crippen molar-refractivity contribution in [1.29, 1.82) is 10.5 Å². The predicted molar refractivity (Wildman–Crippen MR) is 105 cm³/mol. The zero-order valence-electron chi connectivity index (χ0n) is 15.0. The summed E-state index contributed by atoms with van der Waals surface area (Å²) >= 11 is 0. The van der Waals surface area contributed by atoms with Crippen molar-refractivity contribution in [2.45, 2.75) is 12.5 Å². The molecule has 0 spiro atoms. The van der Waals surface area contributed by atoms with Crippen LogP contribution in [0.1, 0.15) is 34.8 Å². The first-order chi connectivity index (χ1) is 13.8. The molecule has 0 amide bonds. The fourth-order valence-electron chi connectivity index (χ4n) is 3.16. The highest BCUT2D eigenvalue weighted by molar-refractivity contribution is 5.67. The van der Waals surface area contributed by atoms with Crippen LogP contribution < -0.4 is 9.47 Å². The molecule has 1 unspecified atom stereocenters. The summed E-state index contributed by atoms with van der Waals surface area (Å²) in [6.45, 7) is 0. The molecule has 134 valence electrons. The van der Waals surface area contributed by atoms with Gasteiger partial charge in [0.05, 0.1) is 23.3 Å². The van der Waals surface area contributed by atoms with Gasteiger partial charge in [0.25, 0.3) is 0 Å². The standard InChI is InChI=1S/C24H16N2O2/c25-15-17-5-9-19(10-6-17)27-23-13-14-24(22-4-2-1-3-21(22)23)28-20-11-7-18(16-26)8-12-20/h1-13,24H,14H2. The molecule has 3 aromatic carbocycles. The lowest BCUT2D eigenvalue weighted by Gasteiger charge is -2.26. The van der Waals surface area contributed by atoms with Gasteiger partial charge < -0.3 is 9.47 Å². The molecular formula is C24H16N2O2. The van der Waals surface area contributed by atoms with Crippen LogP contribution in [-0.4, -0.2) is 0 Å². The number of nitriles is 2. The third-order valence-corrected chi connectivity index (χ3v) is 4.56. The molecule has 0 bridgehead atoms. The number of benzene rings is 3. The van der Waals surface area contributed by atoms with Crippen LogP contribution in [-0.2, 0) is 0 Å². The SMILES string of the molecule is N#Cc1ccc(OC2=CCC(Oc3ccc(C#N)cc3)c3ccccc32)cc1. The van der Waals surface area contributed by atoms with Gasteiger partial charge in [0.2, 0.25) is 0 Å². The van der Waals surface area contributed by atoms with E-state index in [1.807, 2.05) is 42.5 Å². The highest BCUT2D eigenvalue weighted by atomic mass is 16.5. The van der Waals surface area contributed by atoms with Gasteiger partial charge in [0.15, 0.2) is 0 Å². The zero-order chi connectivity index (χ0) is 19.3. The van der Waals surface area contributed by atoms with Gasteiger partial charge in [-0.25, -0.2) is 0 Å². The van der Waals surface area contributed by atoms with Crippen molar-refractivity contribution in [2.24, 2.45) is 0 Å². The van der Waals surface area contributed by atoms with E-state index >= 15 is 0 Å². The Balaban J connectivity index is 1.57. The average Bonchev–Trinajstić information content (AvgIpc) is 2.76. The van der Waals surface area contributed by atoms with Crippen molar-refractivity contribution in [3.63, 3.8) is 0 Å². The van der Waals surface area contributed by atoms with Crippen LogP contribution in [0.3, 0.4) is 0 Å². The summed E-state index contributed by atoms with van der Waals surface area (Å²) in [6.07, 6.45) is 2.56. The normalized spacial score (nSPS) is 14.8. The summed E-state index contributed by atoms with van der Waals surface area (Å²) in [5.41, 5.74) is 3.24. The number of fused-ring (bicyclic) bond motifs is 1. The van der Waals surface area contributed by atoms with Gasteiger partial charge in [0.1, 0.15) is 23.4 Å². The molecule has 1 atom stereocenters. The number of hydrogen-bond acceptors (Lipinski definition) is 4. The maximum Gasteiger partial charge on any atom is 0.131 e. The number of nitrogens with zero attached hydrogens (tertiary/aromatic N) is 2. The molecular weight excluding hydrogens is 348 g/mol. The lowest BCUT2D eigenvalue weighted by atomic mass is 9.93. The molecule has 1 aliphatic carbocycles. The number of hydrogen-bond donors (Lipinski definition) is 0. The van der Waals surface area contributed by atoms with E-state index in [4.69, 9.17) is 20.0 Å². The van der Waals surface area contributed by atoms with Crippen molar-refractivity contribution in [2.75, 3.05) is 0 Å². The lowest BCUT2D eigenvalue weighted by molar-refractivity contribution is 0.206. The van der Waals surface area contributed by atoms with Crippen LogP contribution in [0.5, 0.6) is 11.5 Å². The van der Waals surface area contributed by atoms with Crippen molar-refractivity contribution < 1.29 is 9.47 Å². The maximum absolute atomic E-state index is 8.93. The first-order valence-electron chi connectivity index (χ1n) is 8.91. The molecule has 3 aromatic rings. The molecule has 1 aliphatic rings. The van der Waals surface area contributed by atoms with E-state index < -0.39 is 0 Å². The molecule has 0 saturated heterocycles. The Kier molecular flexibility index (Phi) is 4.78. The van der Waals surface area contributed by atoms with Gasteiger partial charge in [-0.1, -0.05) is 24.3 Å². The molecule has 0 saturated carbocycles. The number of ether oxygens (including phenoxy) is 2. The Hall–Kier alpha value is -4.02. The van der Waals surface area contributed by atoms with E-state index in [-0.39, 0.29) is 6.10 Å². The highest BCUT2D eigenvalue weighted by Gasteiger charge is 2.24. The third kappa shape index (κ3) is 3.58. The van der Waals surface area contributed by atoms with Crippen molar-refractivity contribution in [3.05, 3.63) is 101 Å². The Morgan fingerprint density at radius 1 is 0.750 bits per heavy atom. The second kappa shape index (κ2) is 7.70. The third-order valence-electron chi connectivity index (χ3n) is 4.56. The van der Waals surface area contributed by atoms with E-state index in [9.17, 15) is 0 Å². The van der Waals surface area contributed by atoms with Crippen LogP contribution in [0.4, 0.5) is 0 Å². The number of rotatable bonds is 4. The zero-order valence-corrected chi connectivity index (χ0v) is 15.0. The minimum absolute atomic E-state index is 0.127. The molecule has 0 aromatic heterocycles. The van der Waals surface area contributed by atoms with Crippen LogP contribution in [0.15, 0.2) is 78.9 Å². The first kappa shape index (κ1) is 17.4. The largest absolute Gasteiger partial charge is 0.485 e. The minimum Gasteiger partial charge on any atom is -0.485 e. The lowest BCUT2D eigenvalue weighted by Crippen LogP contribution is -2.14. The molecule has 0 aliphatic heterocycles. The van der Waals surface area contributed by atoms with Crippen LogP contribution in [0, 0.1) is 22.7 Å². The van der Waals surface area contributed by atoms with E-state index in [2.05, 4.69) is 12.1 Å².